The molecule has 0 radical (unpaired) electrons. The summed E-state index contributed by atoms with van der Waals surface area (Å²) < 4.78 is 1.75. The second kappa shape index (κ2) is 7.52. The van der Waals surface area contributed by atoms with Crippen molar-refractivity contribution in [2.45, 2.75) is 5.16 Å². The number of thiazole rings is 1. The highest BCUT2D eigenvalue weighted by atomic mass is 35.5. The highest BCUT2D eigenvalue weighted by Crippen LogP contribution is 2.32. The van der Waals surface area contributed by atoms with E-state index in [9.17, 15) is 4.79 Å². The highest BCUT2D eigenvalue weighted by Gasteiger charge is 2.12. The van der Waals surface area contributed by atoms with Gasteiger partial charge in [-0.25, -0.2) is 4.98 Å². The van der Waals surface area contributed by atoms with Gasteiger partial charge in [-0.05, 0) is 18.2 Å². The lowest BCUT2D eigenvalue weighted by Gasteiger charge is -2.02. The molecule has 1 aromatic carbocycles. The second-order valence-corrected chi connectivity index (χ2v) is 7.37. The monoisotopic (exact) mass is 399 g/mol. The maximum Gasteiger partial charge on any atom is 0.236 e. The number of carbonyl (C=O) groups is 1. The number of halogens is 2. The van der Waals surface area contributed by atoms with E-state index in [1.165, 1.54) is 23.1 Å². The van der Waals surface area contributed by atoms with Gasteiger partial charge in [-0.15, -0.1) is 21.5 Å². The number of nitrogens with one attached hydrogen (secondary N) is 1. The third kappa shape index (κ3) is 4.07. The van der Waals surface area contributed by atoms with Gasteiger partial charge in [0.1, 0.15) is 6.33 Å². The number of rotatable bonds is 5. The topological polar surface area (TPSA) is 72.7 Å². The van der Waals surface area contributed by atoms with Crippen LogP contribution in [0.15, 0.2) is 35.1 Å². The Bertz CT molecular complexity index is 880. The van der Waals surface area contributed by atoms with Crippen LogP contribution in [-0.4, -0.2) is 31.4 Å². The first-order chi connectivity index (χ1) is 11.5. The molecule has 3 aromatic rings. The van der Waals surface area contributed by atoms with Crippen molar-refractivity contribution in [1.29, 1.82) is 0 Å². The summed E-state index contributed by atoms with van der Waals surface area (Å²) in [5, 5.41) is 14.5. The molecule has 1 amide bonds. The lowest BCUT2D eigenvalue weighted by atomic mass is 10.2. The molecule has 0 saturated carbocycles. The van der Waals surface area contributed by atoms with E-state index in [-0.39, 0.29) is 11.7 Å². The standard InChI is InChI=1S/C14H11Cl2N5OS2/c1-21-7-17-20-14(21)24-6-12(22)19-13-18-11(5-23-13)9-3-2-8(15)4-10(9)16/h2-5,7H,6H2,1H3,(H,18,19,22). The van der Waals surface area contributed by atoms with Gasteiger partial charge in [-0.2, -0.15) is 0 Å². The number of anilines is 1. The largest absolute Gasteiger partial charge is 0.312 e. The van der Waals surface area contributed by atoms with Crippen LogP contribution in [-0.2, 0) is 11.8 Å². The number of benzene rings is 1. The fourth-order valence-corrected chi connectivity index (χ4v) is 3.76. The number of amides is 1. The van der Waals surface area contributed by atoms with Gasteiger partial charge in [0.15, 0.2) is 10.3 Å². The Morgan fingerprint density at radius 3 is 2.96 bits per heavy atom. The predicted octanol–water partition coefficient (Wildman–Crippen LogP) is 3.98. The van der Waals surface area contributed by atoms with E-state index in [0.29, 0.717) is 26.0 Å². The van der Waals surface area contributed by atoms with Crippen LogP contribution in [0.2, 0.25) is 10.0 Å². The molecule has 0 atom stereocenters. The number of thioether (sulfide) groups is 1. The van der Waals surface area contributed by atoms with Crippen LogP contribution >= 0.6 is 46.3 Å². The van der Waals surface area contributed by atoms with Crippen LogP contribution in [0.3, 0.4) is 0 Å². The molecular weight excluding hydrogens is 389 g/mol. The molecule has 0 aliphatic rings. The minimum atomic E-state index is -0.161. The SMILES string of the molecule is Cn1cnnc1SCC(=O)Nc1nc(-c2ccc(Cl)cc2Cl)cs1. The van der Waals surface area contributed by atoms with Gasteiger partial charge in [-0.3, -0.25) is 4.79 Å². The molecular formula is C14H11Cl2N5OS2. The van der Waals surface area contributed by atoms with Gasteiger partial charge in [0.25, 0.3) is 0 Å². The fraction of sp³-hybridized carbons (Fsp3) is 0.143. The van der Waals surface area contributed by atoms with Crippen LogP contribution < -0.4 is 5.32 Å². The van der Waals surface area contributed by atoms with Gasteiger partial charge in [-0.1, -0.05) is 35.0 Å². The van der Waals surface area contributed by atoms with E-state index in [1.54, 1.807) is 29.1 Å². The van der Waals surface area contributed by atoms with E-state index in [1.807, 2.05) is 12.4 Å². The molecule has 0 aliphatic heterocycles. The smallest absolute Gasteiger partial charge is 0.236 e. The third-order valence-corrected chi connectivity index (χ3v) is 5.30. The first kappa shape index (κ1) is 17.2. The summed E-state index contributed by atoms with van der Waals surface area (Å²) in [5.74, 6) is 0.0643. The zero-order chi connectivity index (χ0) is 17.1. The van der Waals surface area contributed by atoms with Gasteiger partial charge < -0.3 is 9.88 Å². The maximum atomic E-state index is 12.0. The number of hydrogen-bond acceptors (Lipinski definition) is 6. The highest BCUT2D eigenvalue weighted by molar-refractivity contribution is 7.99. The zero-order valence-electron chi connectivity index (χ0n) is 12.4. The van der Waals surface area contributed by atoms with Crippen molar-refractivity contribution in [3.63, 3.8) is 0 Å². The summed E-state index contributed by atoms with van der Waals surface area (Å²) >= 11 is 14.7. The summed E-state index contributed by atoms with van der Waals surface area (Å²) in [5.41, 5.74) is 1.46. The molecule has 10 heteroatoms. The van der Waals surface area contributed by atoms with Crippen LogP contribution in [0, 0.1) is 0 Å². The lowest BCUT2D eigenvalue weighted by Crippen LogP contribution is -2.14. The van der Waals surface area contributed by atoms with E-state index in [4.69, 9.17) is 23.2 Å². The molecule has 0 aliphatic carbocycles. The first-order valence-corrected chi connectivity index (χ1v) is 9.32. The molecule has 0 unspecified atom stereocenters. The Morgan fingerprint density at radius 1 is 1.42 bits per heavy atom. The van der Waals surface area contributed by atoms with Gasteiger partial charge in [0.05, 0.1) is 16.5 Å². The van der Waals surface area contributed by atoms with Crippen molar-refractivity contribution in [3.8, 4) is 11.3 Å². The summed E-state index contributed by atoms with van der Waals surface area (Å²) in [6.07, 6.45) is 1.59. The molecule has 124 valence electrons. The molecule has 1 N–H and O–H groups in total. The van der Waals surface area contributed by atoms with Crippen molar-refractivity contribution < 1.29 is 4.79 Å². The predicted molar refractivity (Wildman–Crippen MR) is 97.9 cm³/mol. The van der Waals surface area contributed by atoms with Crippen LogP contribution in [0.4, 0.5) is 5.13 Å². The zero-order valence-corrected chi connectivity index (χ0v) is 15.5. The van der Waals surface area contributed by atoms with E-state index in [0.717, 1.165) is 5.56 Å². The van der Waals surface area contributed by atoms with Crippen molar-refractivity contribution in [2.24, 2.45) is 7.05 Å². The van der Waals surface area contributed by atoms with E-state index < -0.39 is 0 Å². The number of hydrogen-bond donors (Lipinski definition) is 1. The average molecular weight is 400 g/mol. The molecule has 2 aromatic heterocycles. The molecule has 0 saturated heterocycles. The number of nitrogens with zero attached hydrogens (tertiary/aromatic N) is 4. The number of carbonyl (C=O) groups excluding carboxylic acids is 1. The average Bonchev–Trinajstić information content (AvgIpc) is 3.14. The minimum absolute atomic E-state index is 0.161. The summed E-state index contributed by atoms with van der Waals surface area (Å²) in [4.78, 5) is 16.4. The third-order valence-electron chi connectivity index (χ3n) is 2.96. The minimum Gasteiger partial charge on any atom is -0.312 e. The van der Waals surface area contributed by atoms with Crippen LogP contribution in [0.1, 0.15) is 0 Å². The molecule has 0 bridgehead atoms. The molecule has 0 fully saturated rings. The summed E-state index contributed by atoms with van der Waals surface area (Å²) in [7, 11) is 1.82. The summed E-state index contributed by atoms with van der Waals surface area (Å²) in [6.45, 7) is 0. The Morgan fingerprint density at radius 2 is 2.25 bits per heavy atom. The lowest BCUT2D eigenvalue weighted by molar-refractivity contribution is -0.113. The van der Waals surface area contributed by atoms with Crippen LogP contribution in [0.5, 0.6) is 0 Å². The molecule has 0 spiro atoms. The first-order valence-electron chi connectivity index (χ1n) is 6.70. The Labute approximate surface area is 156 Å². The van der Waals surface area contributed by atoms with Crippen LogP contribution in [0.25, 0.3) is 11.3 Å². The van der Waals surface area contributed by atoms with Crippen molar-refractivity contribution in [3.05, 3.63) is 40.0 Å². The fourth-order valence-electron chi connectivity index (χ4n) is 1.84. The quantitative estimate of drug-likeness (QED) is 0.656. The summed E-state index contributed by atoms with van der Waals surface area (Å²) in [6, 6.07) is 5.21. The Kier molecular flexibility index (Phi) is 5.40. The molecule has 6 nitrogen and oxygen atoms in total. The molecule has 2 heterocycles. The molecule has 3 rings (SSSR count). The number of aromatic nitrogens is 4. The number of aryl methyl sites for hydroxylation is 1. The van der Waals surface area contributed by atoms with E-state index in [2.05, 4.69) is 20.5 Å². The van der Waals surface area contributed by atoms with Crippen molar-refractivity contribution in [1.82, 2.24) is 19.7 Å². The van der Waals surface area contributed by atoms with Gasteiger partial charge >= 0.3 is 0 Å². The normalized spacial score (nSPS) is 10.8. The van der Waals surface area contributed by atoms with E-state index >= 15 is 0 Å². The maximum absolute atomic E-state index is 12.0. The molecule has 24 heavy (non-hydrogen) atoms. The van der Waals surface area contributed by atoms with Crippen molar-refractivity contribution >= 4 is 57.3 Å². The Hall–Kier alpha value is -1.61. The van der Waals surface area contributed by atoms with Crippen molar-refractivity contribution in [2.75, 3.05) is 11.1 Å². The van der Waals surface area contributed by atoms with Gasteiger partial charge in [0.2, 0.25) is 5.91 Å². The Balaban J connectivity index is 1.63. The second-order valence-electron chi connectivity index (χ2n) is 4.72. The van der Waals surface area contributed by atoms with Gasteiger partial charge in [0, 0.05) is 23.0 Å².